The first-order valence-corrected chi connectivity index (χ1v) is 6.19. The van der Waals surface area contributed by atoms with Crippen molar-refractivity contribution in [2.24, 2.45) is 7.05 Å². The molecule has 4 heteroatoms. The number of ketones is 1. The fourth-order valence-electron chi connectivity index (χ4n) is 1.94. The quantitative estimate of drug-likeness (QED) is 0.849. The molecule has 0 saturated carbocycles. The van der Waals surface area contributed by atoms with E-state index >= 15 is 0 Å². The fourth-order valence-corrected chi connectivity index (χ4v) is 2.17. The molecule has 0 unspecified atom stereocenters. The SMILES string of the molecule is Cc1nn(C)c(CC(=O)Cc2ccccc2)c1Cl. The van der Waals surface area contributed by atoms with Gasteiger partial charge >= 0.3 is 0 Å². The van der Waals surface area contributed by atoms with Crippen molar-refractivity contribution in [3.63, 3.8) is 0 Å². The molecule has 0 aliphatic rings. The fraction of sp³-hybridized carbons (Fsp3) is 0.286. The Morgan fingerprint density at radius 1 is 1.28 bits per heavy atom. The monoisotopic (exact) mass is 262 g/mol. The average Bonchev–Trinajstić information content (AvgIpc) is 2.57. The number of rotatable bonds is 4. The molecule has 1 aromatic heterocycles. The summed E-state index contributed by atoms with van der Waals surface area (Å²) in [5.41, 5.74) is 2.58. The summed E-state index contributed by atoms with van der Waals surface area (Å²) >= 11 is 6.13. The smallest absolute Gasteiger partial charge is 0.143 e. The Bertz CT molecular complexity index is 561. The van der Waals surface area contributed by atoms with Crippen molar-refractivity contribution in [2.75, 3.05) is 0 Å². The topological polar surface area (TPSA) is 34.9 Å². The zero-order valence-electron chi connectivity index (χ0n) is 10.5. The van der Waals surface area contributed by atoms with Gasteiger partial charge in [-0.1, -0.05) is 41.9 Å². The molecule has 0 amide bonds. The van der Waals surface area contributed by atoms with Crippen LogP contribution in [0.25, 0.3) is 0 Å². The van der Waals surface area contributed by atoms with Crippen molar-refractivity contribution >= 4 is 17.4 Å². The van der Waals surface area contributed by atoms with Crippen LogP contribution >= 0.6 is 11.6 Å². The first-order valence-electron chi connectivity index (χ1n) is 5.81. The summed E-state index contributed by atoms with van der Waals surface area (Å²) in [6.45, 7) is 1.84. The Balaban J connectivity index is 2.08. The standard InChI is InChI=1S/C14H15ClN2O/c1-10-14(15)13(17(2)16-10)9-12(18)8-11-6-4-3-5-7-11/h3-7H,8-9H2,1-2H3. The number of carbonyl (C=O) groups excluding carboxylic acids is 1. The van der Waals surface area contributed by atoms with Gasteiger partial charge in [-0.2, -0.15) is 5.10 Å². The number of nitrogens with zero attached hydrogens (tertiary/aromatic N) is 2. The highest BCUT2D eigenvalue weighted by Crippen LogP contribution is 2.20. The van der Waals surface area contributed by atoms with E-state index in [9.17, 15) is 4.79 Å². The highest BCUT2D eigenvalue weighted by molar-refractivity contribution is 6.32. The van der Waals surface area contributed by atoms with Crippen molar-refractivity contribution in [3.05, 3.63) is 52.3 Å². The van der Waals surface area contributed by atoms with E-state index in [-0.39, 0.29) is 5.78 Å². The van der Waals surface area contributed by atoms with Crippen molar-refractivity contribution < 1.29 is 4.79 Å². The van der Waals surface area contributed by atoms with Gasteiger partial charge in [0.15, 0.2) is 0 Å². The molecule has 0 atom stereocenters. The summed E-state index contributed by atoms with van der Waals surface area (Å²) in [5.74, 6) is 0.145. The molecular weight excluding hydrogens is 248 g/mol. The largest absolute Gasteiger partial charge is 0.299 e. The van der Waals surface area contributed by atoms with Gasteiger partial charge in [0, 0.05) is 13.5 Å². The molecular formula is C14H15ClN2O. The lowest BCUT2D eigenvalue weighted by Gasteiger charge is -2.03. The highest BCUT2D eigenvalue weighted by Gasteiger charge is 2.14. The van der Waals surface area contributed by atoms with E-state index < -0.39 is 0 Å². The van der Waals surface area contributed by atoms with Crippen LogP contribution in [0, 0.1) is 6.92 Å². The van der Waals surface area contributed by atoms with Gasteiger partial charge in [-0.3, -0.25) is 9.48 Å². The third kappa shape index (κ3) is 2.79. The second-order valence-electron chi connectivity index (χ2n) is 4.35. The number of aryl methyl sites for hydroxylation is 2. The molecule has 18 heavy (non-hydrogen) atoms. The molecule has 2 aromatic rings. The third-order valence-corrected chi connectivity index (χ3v) is 3.36. The van der Waals surface area contributed by atoms with E-state index in [0.29, 0.717) is 17.9 Å². The van der Waals surface area contributed by atoms with Gasteiger partial charge in [0.2, 0.25) is 0 Å². The van der Waals surface area contributed by atoms with Gasteiger partial charge in [-0.25, -0.2) is 0 Å². The van der Waals surface area contributed by atoms with Gasteiger partial charge in [0.1, 0.15) is 5.78 Å². The van der Waals surface area contributed by atoms with Gasteiger partial charge in [0.25, 0.3) is 0 Å². The van der Waals surface area contributed by atoms with Crippen molar-refractivity contribution in [1.82, 2.24) is 9.78 Å². The summed E-state index contributed by atoms with van der Waals surface area (Å²) in [6.07, 6.45) is 0.756. The second kappa shape index (κ2) is 5.36. The Morgan fingerprint density at radius 2 is 1.94 bits per heavy atom. The Labute approximate surface area is 111 Å². The van der Waals surface area contributed by atoms with E-state index in [2.05, 4.69) is 5.10 Å². The number of aromatic nitrogens is 2. The van der Waals surface area contributed by atoms with E-state index in [1.165, 1.54) is 0 Å². The van der Waals surface area contributed by atoms with E-state index in [4.69, 9.17) is 11.6 Å². The summed E-state index contributed by atoms with van der Waals surface area (Å²) in [4.78, 5) is 12.0. The molecule has 2 rings (SSSR count). The minimum Gasteiger partial charge on any atom is -0.299 e. The van der Waals surface area contributed by atoms with Gasteiger partial charge in [0.05, 0.1) is 22.8 Å². The number of hydrogen-bond acceptors (Lipinski definition) is 2. The van der Waals surface area contributed by atoms with Crippen LogP contribution in [0.2, 0.25) is 5.02 Å². The third-order valence-electron chi connectivity index (χ3n) is 2.87. The number of hydrogen-bond donors (Lipinski definition) is 0. The lowest BCUT2D eigenvalue weighted by molar-refractivity contribution is -0.117. The predicted octanol–water partition coefficient (Wildman–Crippen LogP) is 2.74. The molecule has 0 aliphatic carbocycles. The van der Waals surface area contributed by atoms with Crippen LogP contribution in [0.15, 0.2) is 30.3 Å². The molecule has 0 radical (unpaired) electrons. The maximum absolute atomic E-state index is 12.0. The summed E-state index contributed by atoms with van der Waals surface area (Å²) < 4.78 is 1.68. The van der Waals surface area contributed by atoms with Crippen LogP contribution < -0.4 is 0 Å². The van der Waals surface area contributed by atoms with Crippen LogP contribution in [-0.4, -0.2) is 15.6 Å². The lowest BCUT2D eigenvalue weighted by Crippen LogP contribution is -2.10. The van der Waals surface area contributed by atoms with Crippen LogP contribution in [0.4, 0.5) is 0 Å². The first-order chi connectivity index (χ1) is 8.58. The number of carbonyl (C=O) groups is 1. The maximum atomic E-state index is 12.0. The molecule has 1 heterocycles. The predicted molar refractivity (Wildman–Crippen MR) is 71.8 cm³/mol. The van der Waals surface area contributed by atoms with Crippen LogP contribution in [0.1, 0.15) is 17.0 Å². The van der Waals surface area contributed by atoms with E-state index in [1.54, 1.807) is 4.68 Å². The van der Waals surface area contributed by atoms with Crippen molar-refractivity contribution in [2.45, 2.75) is 19.8 Å². The number of benzene rings is 1. The maximum Gasteiger partial charge on any atom is 0.143 e. The zero-order valence-corrected chi connectivity index (χ0v) is 11.2. The van der Waals surface area contributed by atoms with Crippen LogP contribution in [0.3, 0.4) is 0 Å². The van der Waals surface area contributed by atoms with Crippen LogP contribution in [-0.2, 0) is 24.7 Å². The molecule has 0 bridgehead atoms. The number of Topliss-reactive ketones (excluding diaryl/α,β-unsaturated/α-hetero) is 1. The molecule has 0 N–H and O–H groups in total. The highest BCUT2D eigenvalue weighted by atomic mass is 35.5. The van der Waals surface area contributed by atoms with Gasteiger partial charge in [-0.05, 0) is 12.5 Å². The zero-order chi connectivity index (χ0) is 13.1. The Hall–Kier alpha value is -1.61. The normalized spacial score (nSPS) is 10.6. The molecule has 0 saturated heterocycles. The van der Waals surface area contributed by atoms with Crippen molar-refractivity contribution in [1.29, 1.82) is 0 Å². The van der Waals surface area contributed by atoms with E-state index in [0.717, 1.165) is 17.0 Å². The molecule has 0 fully saturated rings. The first kappa shape index (κ1) is 12.8. The molecule has 1 aromatic carbocycles. The average molecular weight is 263 g/mol. The molecule has 94 valence electrons. The Morgan fingerprint density at radius 3 is 2.50 bits per heavy atom. The Kier molecular flexibility index (Phi) is 3.82. The van der Waals surface area contributed by atoms with Crippen molar-refractivity contribution in [3.8, 4) is 0 Å². The summed E-state index contributed by atoms with van der Waals surface area (Å²) in [5, 5.41) is 4.80. The minimum atomic E-state index is 0.145. The van der Waals surface area contributed by atoms with Gasteiger partial charge in [-0.15, -0.1) is 0 Å². The second-order valence-corrected chi connectivity index (χ2v) is 4.73. The molecule has 0 spiro atoms. The van der Waals surface area contributed by atoms with Crippen LogP contribution in [0.5, 0.6) is 0 Å². The molecule has 0 aliphatic heterocycles. The molecule has 3 nitrogen and oxygen atoms in total. The number of halogens is 1. The van der Waals surface area contributed by atoms with Gasteiger partial charge < -0.3 is 0 Å². The summed E-state index contributed by atoms with van der Waals surface area (Å²) in [6, 6.07) is 9.71. The minimum absolute atomic E-state index is 0.145. The van der Waals surface area contributed by atoms with E-state index in [1.807, 2.05) is 44.3 Å². The lowest BCUT2D eigenvalue weighted by atomic mass is 10.1. The summed E-state index contributed by atoms with van der Waals surface area (Å²) in [7, 11) is 1.81.